The van der Waals surface area contributed by atoms with Crippen LogP contribution in [0, 0.1) is 47.4 Å². The standard InChI is InChI=1S/C20H22F4O4/c1-9(2)28-13(25)7-6-12-14(20(12,4)5)19(26)27-8-11-17(23)15(21)10(3)16(22)18(11)24/h6-7,9,12,14H,8H2,1-5H3. The van der Waals surface area contributed by atoms with Crippen molar-refractivity contribution in [3.05, 3.63) is 46.5 Å². The first-order valence-electron chi connectivity index (χ1n) is 8.76. The molecule has 0 amide bonds. The average molecular weight is 402 g/mol. The van der Waals surface area contributed by atoms with Gasteiger partial charge in [-0.2, -0.15) is 0 Å². The number of hydrogen-bond donors (Lipinski definition) is 0. The second kappa shape index (κ2) is 7.93. The van der Waals surface area contributed by atoms with Gasteiger partial charge in [0.1, 0.15) is 6.61 Å². The van der Waals surface area contributed by atoms with E-state index in [-0.39, 0.29) is 12.0 Å². The Kier molecular flexibility index (Phi) is 6.21. The largest absolute Gasteiger partial charge is 0.460 e. The van der Waals surface area contributed by atoms with E-state index in [4.69, 9.17) is 9.47 Å². The molecule has 2 rings (SSSR count). The summed E-state index contributed by atoms with van der Waals surface area (Å²) in [6, 6.07) is 0. The monoisotopic (exact) mass is 402 g/mol. The molecule has 0 bridgehead atoms. The number of rotatable bonds is 6. The van der Waals surface area contributed by atoms with Crippen molar-refractivity contribution in [1.82, 2.24) is 0 Å². The zero-order chi connectivity index (χ0) is 21.4. The molecule has 1 saturated carbocycles. The molecule has 1 aromatic rings. The quantitative estimate of drug-likeness (QED) is 0.307. The SMILES string of the molecule is Cc1c(F)c(F)c(COC(=O)C2C(C=CC(=O)OC(C)C)C2(C)C)c(F)c1F. The van der Waals surface area contributed by atoms with Crippen molar-refractivity contribution < 1.29 is 36.6 Å². The number of esters is 2. The molecule has 0 spiro atoms. The highest BCUT2D eigenvalue weighted by molar-refractivity contribution is 5.83. The molecule has 0 aromatic heterocycles. The predicted molar refractivity (Wildman–Crippen MR) is 91.9 cm³/mol. The van der Waals surface area contributed by atoms with Crippen LogP contribution in [0.3, 0.4) is 0 Å². The molecule has 1 aliphatic rings. The maximum atomic E-state index is 13.9. The van der Waals surface area contributed by atoms with Crippen LogP contribution in [0.4, 0.5) is 17.6 Å². The predicted octanol–water partition coefficient (Wildman–Crippen LogP) is 4.37. The maximum absolute atomic E-state index is 13.9. The van der Waals surface area contributed by atoms with E-state index in [1.54, 1.807) is 27.7 Å². The van der Waals surface area contributed by atoms with E-state index in [2.05, 4.69) is 0 Å². The Morgan fingerprint density at radius 3 is 2.11 bits per heavy atom. The molecule has 2 unspecified atom stereocenters. The Morgan fingerprint density at radius 1 is 1.07 bits per heavy atom. The summed E-state index contributed by atoms with van der Waals surface area (Å²) in [5, 5.41) is 0. The molecule has 28 heavy (non-hydrogen) atoms. The summed E-state index contributed by atoms with van der Waals surface area (Å²) in [4.78, 5) is 23.9. The fourth-order valence-electron chi connectivity index (χ4n) is 3.09. The van der Waals surface area contributed by atoms with Gasteiger partial charge < -0.3 is 9.47 Å². The van der Waals surface area contributed by atoms with Gasteiger partial charge in [-0.15, -0.1) is 0 Å². The number of allylic oxidation sites excluding steroid dienone is 1. The molecule has 0 N–H and O–H groups in total. The van der Waals surface area contributed by atoms with Crippen LogP contribution in [0.25, 0.3) is 0 Å². The van der Waals surface area contributed by atoms with Gasteiger partial charge in [0.2, 0.25) is 0 Å². The zero-order valence-electron chi connectivity index (χ0n) is 16.2. The summed E-state index contributed by atoms with van der Waals surface area (Å²) < 4.78 is 64.8. The number of carbonyl (C=O) groups is 2. The molecule has 0 saturated heterocycles. The van der Waals surface area contributed by atoms with Crippen LogP contribution < -0.4 is 0 Å². The highest BCUT2D eigenvalue weighted by Gasteiger charge is 2.61. The van der Waals surface area contributed by atoms with E-state index in [1.165, 1.54) is 12.2 Å². The van der Waals surface area contributed by atoms with Gasteiger partial charge in [0.05, 0.1) is 17.6 Å². The minimum atomic E-state index is -1.59. The molecule has 0 heterocycles. The third kappa shape index (κ3) is 4.20. The molecule has 1 aromatic carbocycles. The highest BCUT2D eigenvalue weighted by atomic mass is 19.2. The number of ether oxygens (including phenoxy) is 2. The van der Waals surface area contributed by atoms with Crippen molar-refractivity contribution in [3.63, 3.8) is 0 Å². The van der Waals surface area contributed by atoms with E-state index in [0.717, 1.165) is 6.92 Å². The Bertz CT molecular complexity index is 801. The van der Waals surface area contributed by atoms with E-state index < -0.39 is 64.3 Å². The van der Waals surface area contributed by atoms with Gasteiger partial charge in [0.25, 0.3) is 0 Å². The fourth-order valence-corrected chi connectivity index (χ4v) is 3.09. The number of carbonyl (C=O) groups excluding carboxylic acids is 2. The number of halogens is 4. The van der Waals surface area contributed by atoms with E-state index in [1.807, 2.05) is 0 Å². The molecule has 0 aliphatic heterocycles. The first-order chi connectivity index (χ1) is 12.9. The Morgan fingerprint density at radius 2 is 1.61 bits per heavy atom. The molecular weight excluding hydrogens is 380 g/mol. The highest BCUT2D eigenvalue weighted by Crippen LogP contribution is 2.59. The molecule has 1 fully saturated rings. The van der Waals surface area contributed by atoms with E-state index in [9.17, 15) is 27.2 Å². The summed E-state index contributed by atoms with van der Waals surface area (Å²) in [5.41, 5.74) is -2.32. The summed E-state index contributed by atoms with van der Waals surface area (Å²) in [6.07, 6.45) is 2.44. The maximum Gasteiger partial charge on any atom is 0.330 e. The fraction of sp³-hybridized carbons (Fsp3) is 0.500. The molecule has 0 radical (unpaired) electrons. The van der Waals surface area contributed by atoms with E-state index >= 15 is 0 Å². The van der Waals surface area contributed by atoms with Crippen molar-refractivity contribution in [2.24, 2.45) is 17.3 Å². The minimum absolute atomic E-state index is 0.287. The molecular formula is C20H22F4O4. The Hall–Kier alpha value is -2.38. The van der Waals surface area contributed by atoms with Crippen molar-refractivity contribution >= 4 is 11.9 Å². The van der Waals surface area contributed by atoms with Crippen molar-refractivity contribution in [2.45, 2.75) is 47.3 Å². The Balaban J connectivity index is 2.06. The van der Waals surface area contributed by atoms with Crippen LogP contribution in [0.1, 0.15) is 38.8 Å². The second-order valence-corrected chi connectivity index (χ2v) is 7.64. The molecule has 8 heteroatoms. The van der Waals surface area contributed by atoms with Crippen molar-refractivity contribution in [1.29, 1.82) is 0 Å². The van der Waals surface area contributed by atoms with Crippen LogP contribution in [0.5, 0.6) is 0 Å². The van der Waals surface area contributed by atoms with Crippen molar-refractivity contribution in [2.75, 3.05) is 0 Å². The topological polar surface area (TPSA) is 52.6 Å². The van der Waals surface area contributed by atoms with Gasteiger partial charge in [-0.1, -0.05) is 19.9 Å². The van der Waals surface area contributed by atoms with Gasteiger partial charge in [-0.3, -0.25) is 4.79 Å². The number of benzene rings is 1. The summed E-state index contributed by atoms with van der Waals surface area (Å²) >= 11 is 0. The third-order valence-electron chi connectivity index (χ3n) is 4.89. The molecule has 4 nitrogen and oxygen atoms in total. The first-order valence-corrected chi connectivity index (χ1v) is 8.76. The van der Waals surface area contributed by atoms with E-state index in [0.29, 0.717) is 0 Å². The summed E-state index contributed by atoms with van der Waals surface area (Å²) in [7, 11) is 0. The van der Waals surface area contributed by atoms with Crippen LogP contribution in [-0.4, -0.2) is 18.0 Å². The first kappa shape index (κ1) is 21.9. The lowest BCUT2D eigenvalue weighted by Crippen LogP contribution is -2.14. The van der Waals surface area contributed by atoms with Gasteiger partial charge in [-0.25, -0.2) is 22.4 Å². The lowest BCUT2D eigenvalue weighted by molar-refractivity contribution is -0.148. The van der Waals surface area contributed by atoms with Crippen LogP contribution in [-0.2, 0) is 25.7 Å². The third-order valence-corrected chi connectivity index (χ3v) is 4.89. The van der Waals surface area contributed by atoms with Gasteiger partial charge in [-0.05, 0) is 32.1 Å². The smallest absolute Gasteiger partial charge is 0.330 e. The average Bonchev–Trinajstić information content (AvgIpc) is 3.16. The minimum Gasteiger partial charge on any atom is -0.460 e. The normalized spacial score (nSPS) is 20.5. The van der Waals surface area contributed by atoms with Crippen LogP contribution >= 0.6 is 0 Å². The summed E-state index contributed by atoms with van der Waals surface area (Å²) in [5.74, 6) is -8.58. The number of hydrogen-bond acceptors (Lipinski definition) is 4. The zero-order valence-corrected chi connectivity index (χ0v) is 16.2. The lowest BCUT2D eigenvalue weighted by atomic mass is 10.1. The lowest BCUT2D eigenvalue weighted by Gasteiger charge is -2.10. The molecule has 2 atom stereocenters. The van der Waals surface area contributed by atoms with Crippen molar-refractivity contribution in [3.8, 4) is 0 Å². The van der Waals surface area contributed by atoms with Crippen LogP contribution in [0.15, 0.2) is 12.2 Å². The van der Waals surface area contributed by atoms with Crippen LogP contribution in [0.2, 0.25) is 0 Å². The molecule has 154 valence electrons. The second-order valence-electron chi connectivity index (χ2n) is 7.64. The summed E-state index contributed by atoms with van der Waals surface area (Å²) in [6.45, 7) is 6.87. The van der Waals surface area contributed by atoms with Gasteiger partial charge >= 0.3 is 11.9 Å². The molecule has 1 aliphatic carbocycles. The Labute approximate surface area is 160 Å². The van der Waals surface area contributed by atoms with Gasteiger partial charge in [0, 0.05) is 11.6 Å². The van der Waals surface area contributed by atoms with Gasteiger partial charge in [0.15, 0.2) is 23.3 Å².